The Bertz CT molecular complexity index is 36.7. The molecule has 0 aromatic heterocycles. The first-order valence-corrected chi connectivity index (χ1v) is 0.908. The molecule has 0 saturated carbocycles. The van der Waals surface area contributed by atoms with E-state index >= 15 is 0 Å². The average Bonchev–Trinajstić information content (AvgIpc) is 0.811. The summed E-state index contributed by atoms with van der Waals surface area (Å²) in [6.45, 7) is 0.972. The molecule has 0 saturated heterocycles. The molecule has 0 rings (SSSR count). The number of hydrogen-bond donors (Lipinski definition) is 0. The SMILES string of the molecule is CC(=O)[O-].[Cl-].[Sr+2].[Sr+2]. The molecule has 0 aliphatic rings. The van der Waals surface area contributed by atoms with Crippen molar-refractivity contribution in [2.24, 2.45) is 0 Å². The van der Waals surface area contributed by atoms with Crippen LogP contribution in [0.5, 0.6) is 0 Å². The van der Waals surface area contributed by atoms with Crippen LogP contribution in [0.2, 0.25) is 0 Å². The Morgan fingerprint density at radius 3 is 1.43 bits per heavy atom. The summed E-state index contributed by atoms with van der Waals surface area (Å²) < 4.78 is 0. The second-order valence-electron chi connectivity index (χ2n) is 0.492. The molecule has 0 radical (unpaired) electrons. The molecule has 0 N–H and O–H groups in total. The van der Waals surface area contributed by atoms with E-state index in [0.29, 0.717) is 0 Å². The van der Waals surface area contributed by atoms with Gasteiger partial charge in [0.05, 0.1) is 0 Å². The minimum atomic E-state index is -1.08. The van der Waals surface area contributed by atoms with E-state index in [0.717, 1.165) is 6.92 Å². The molecule has 0 amide bonds. The van der Waals surface area contributed by atoms with Crippen LogP contribution in [-0.2, 0) is 4.79 Å². The predicted octanol–water partition coefficient (Wildman–Crippen LogP) is -5.00. The molecule has 0 aromatic carbocycles. The monoisotopic (exact) mass is 270 g/mol. The summed E-state index contributed by atoms with van der Waals surface area (Å²) >= 11 is 0. The van der Waals surface area contributed by atoms with Gasteiger partial charge < -0.3 is 22.3 Å². The molecule has 2 nitrogen and oxygen atoms in total. The van der Waals surface area contributed by atoms with Gasteiger partial charge in [0.1, 0.15) is 0 Å². The van der Waals surface area contributed by atoms with Crippen LogP contribution in [0, 0.1) is 0 Å². The van der Waals surface area contributed by atoms with Crippen LogP contribution >= 0.6 is 0 Å². The van der Waals surface area contributed by atoms with Gasteiger partial charge in [-0.15, -0.1) is 0 Å². The second-order valence-corrected chi connectivity index (χ2v) is 0.492. The summed E-state index contributed by atoms with van der Waals surface area (Å²) in [6.07, 6.45) is 0. The van der Waals surface area contributed by atoms with Crippen LogP contribution < -0.4 is 17.5 Å². The third-order valence-electron chi connectivity index (χ3n) is 0. The normalized spacial score (nSPS) is 3.57. The van der Waals surface area contributed by atoms with Gasteiger partial charge in [0.15, 0.2) is 0 Å². The maximum Gasteiger partial charge on any atom is 2.00 e. The van der Waals surface area contributed by atoms with Crippen molar-refractivity contribution in [1.29, 1.82) is 0 Å². The number of carbonyl (C=O) groups is 1. The topological polar surface area (TPSA) is 40.1 Å². The zero-order valence-corrected chi connectivity index (χ0v) is 11.8. The third-order valence-corrected chi connectivity index (χ3v) is 0. The molecular formula is C2H3ClO2Sr2+2. The summed E-state index contributed by atoms with van der Waals surface area (Å²) in [5.41, 5.74) is 0. The van der Waals surface area contributed by atoms with E-state index in [-0.39, 0.29) is 103 Å². The van der Waals surface area contributed by atoms with Crippen molar-refractivity contribution < 1.29 is 22.3 Å². The number of halogens is 1. The Labute approximate surface area is 123 Å². The van der Waals surface area contributed by atoms with Crippen molar-refractivity contribution in [3.05, 3.63) is 0 Å². The third kappa shape index (κ3) is 53.2. The molecule has 0 bridgehead atoms. The molecule has 0 fully saturated rings. The quantitative estimate of drug-likeness (QED) is 0.413. The Hall–Kier alpha value is 2.72. The van der Waals surface area contributed by atoms with Crippen molar-refractivity contribution in [1.82, 2.24) is 0 Å². The fraction of sp³-hybridized carbons (Fsp3) is 0.500. The fourth-order valence-electron chi connectivity index (χ4n) is 0. The fourth-order valence-corrected chi connectivity index (χ4v) is 0. The first-order valence-electron chi connectivity index (χ1n) is 0.908. The van der Waals surface area contributed by atoms with Crippen molar-refractivity contribution in [3.63, 3.8) is 0 Å². The van der Waals surface area contributed by atoms with E-state index in [1.807, 2.05) is 0 Å². The molecule has 0 unspecified atom stereocenters. The van der Waals surface area contributed by atoms with Gasteiger partial charge in [-0.2, -0.15) is 0 Å². The molecule has 0 aromatic rings. The number of carbonyl (C=O) groups excluding carboxylic acids is 1. The minimum Gasteiger partial charge on any atom is -1.00 e. The zero-order valence-electron chi connectivity index (χ0n) is 4.11. The van der Waals surface area contributed by atoms with Gasteiger partial charge in [-0.25, -0.2) is 0 Å². The van der Waals surface area contributed by atoms with E-state index < -0.39 is 5.97 Å². The minimum absolute atomic E-state index is 0. The molecule has 0 atom stereocenters. The summed E-state index contributed by atoms with van der Waals surface area (Å²) in [6, 6.07) is 0. The number of carboxylic acids is 1. The molecule has 5 heteroatoms. The van der Waals surface area contributed by atoms with Gasteiger partial charge in [-0.05, 0) is 6.92 Å². The number of carboxylic acid groups (broad SMARTS) is 1. The van der Waals surface area contributed by atoms with Gasteiger partial charge in [0, 0.05) is 5.97 Å². The summed E-state index contributed by atoms with van der Waals surface area (Å²) in [5, 5.41) is 8.89. The maximum absolute atomic E-state index is 8.89. The molecule has 7 heavy (non-hydrogen) atoms. The number of rotatable bonds is 0. The van der Waals surface area contributed by atoms with Crippen molar-refractivity contribution >= 4 is 96.9 Å². The van der Waals surface area contributed by atoms with Crippen molar-refractivity contribution in [2.75, 3.05) is 0 Å². The molecule has 32 valence electrons. The number of hydrogen-bond acceptors (Lipinski definition) is 2. The Morgan fingerprint density at radius 1 is 1.43 bits per heavy atom. The summed E-state index contributed by atoms with van der Waals surface area (Å²) in [7, 11) is 0. The van der Waals surface area contributed by atoms with E-state index in [4.69, 9.17) is 9.90 Å². The second kappa shape index (κ2) is 15.9. The largest absolute Gasteiger partial charge is 2.00 e. The van der Waals surface area contributed by atoms with E-state index in [9.17, 15) is 0 Å². The van der Waals surface area contributed by atoms with E-state index in [2.05, 4.69) is 0 Å². The first kappa shape index (κ1) is 22.6. The van der Waals surface area contributed by atoms with Crippen LogP contribution in [0.1, 0.15) is 6.92 Å². The van der Waals surface area contributed by atoms with Crippen LogP contribution in [0.25, 0.3) is 0 Å². The predicted molar refractivity (Wildman–Crippen MR) is 22.2 cm³/mol. The molecule has 0 aliphatic carbocycles. The van der Waals surface area contributed by atoms with Crippen LogP contribution in [-0.4, -0.2) is 96.9 Å². The van der Waals surface area contributed by atoms with Crippen molar-refractivity contribution in [2.45, 2.75) is 6.92 Å². The van der Waals surface area contributed by atoms with Crippen LogP contribution in [0.3, 0.4) is 0 Å². The maximum atomic E-state index is 8.89. The van der Waals surface area contributed by atoms with Gasteiger partial charge in [-0.3, -0.25) is 0 Å². The van der Waals surface area contributed by atoms with Crippen LogP contribution in [0.15, 0.2) is 0 Å². The molecule has 0 heterocycles. The van der Waals surface area contributed by atoms with Gasteiger partial charge in [-0.1, -0.05) is 0 Å². The standard InChI is InChI=1S/C2H4O2.ClH.2Sr/c1-2(3)4;;;/h1H3,(H,3,4);1H;;/q;;2*+2/p-2. The van der Waals surface area contributed by atoms with Gasteiger partial charge in [0.25, 0.3) is 0 Å². The molecular weight excluding hydrogens is 267 g/mol. The van der Waals surface area contributed by atoms with Gasteiger partial charge >= 0.3 is 91.0 Å². The molecule has 0 spiro atoms. The van der Waals surface area contributed by atoms with Crippen LogP contribution in [0.4, 0.5) is 0 Å². The summed E-state index contributed by atoms with van der Waals surface area (Å²) in [4.78, 5) is 8.89. The Kier molecular flexibility index (Phi) is 51.3. The van der Waals surface area contributed by atoms with Crippen molar-refractivity contribution in [3.8, 4) is 0 Å². The first-order chi connectivity index (χ1) is 1.73. The smallest absolute Gasteiger partial charge is 1.00 e. The number of aliphatic carboxylic acids is 1. The zero-order chi connectivity index (χ0) is 3.58. The van der Waals surface area contributed by atoms with Gasteiger partial charge in [0.2, 0.25) is 0 Å². The van der Waals surface area contributed by atoms with E-state index in [1.54, 1.807) is 0 Å². The van der Waals surface area contributed by atoms with E-state index in [1.165, 1.54) is 0 Å². The Balaban J connectivity index is -0.0000000150. The average molecular weight is 270 g/mol. The Morgan fingerprint density at radius 2 is 1.43 bits per heavy atom. The summed E-state index contributed by atoms with van der Waals surface area (Å²) in [5.74, 6) is -1.08. The molecule has 0 aliphatic heterocycles.